The molecular weight excluding hydrogens is 216 g/mol. The number of hydrogen-bond acceptors (Lipinski definition) is 2. The van der Waals surface area contributed by atoms with E-state index in [4.69, 9.17) is 16.7 Å². The highest BCUT2D eigenvalue weighted by Crippen LogP contribution is 2.39. The molecule has 0 heterocycles. The number of aliphatic hydroxyl groups is 1. The van der Waals surface area contributed by atoms with Gasteiger partial charge in [0.05, 0.1) is 16.9 Å². The van der Waals surface area contributed by atoms with Crippen molar-refractivity contribution < 1.29 is 15.0 Å². The van der Waals surface area contributed by atoms with Crippen LogP contribution in [-0.2, 0) is 4.79 Å². The van der Waals surface area contributed by atoms with E-state index in [2.05, 4.69) is 0 Å². The van der Waals surface area contributed by atoms with Crippen LogP contribution in [0.3, 0.4) is 0 Å². The van der Waals surface area contributed by atoms with Crippen molar-refractivity contribution in [2.45, 2.75) is 56.4 Å². The van der Waals surface area contributed by atoms with Crippen molar-refractivity contribution in [2.75, 3.05) is 0 Å². The maximum absolute atomic E-state index is 11.1. The van der Waals surface area contributed by atoms with Gasteiger partial charge in [-0.05, 0) is 19.3 Å². The van der Waals surface area contributed by atoms with Crippen LogP contribution in [-0.4, -0.2) is 27.2 Å². The molecule has 1 aliphatic rings. The molecule has 0 bridgehead atoms. The summed E-state index contributed by atoms with van der Waals surface area (Å²) in [6.45, 7) is 1.92. The fourth-order valence-electron chi connectivity index (χ4n) is 2.41. The predicted octanol–water partition coefficient (Wildman–Crippen LogP) is 2.40. The Morgan fingerprint density at radius 3 is 2.73 bits per heavy atom. The van der Waals surface area contributed by atoms with E-state index in [0.29, 0.717) is 19.3 Å². The van der Waals surface area contributed by atoms with Gasteiger partial charge in [-0.25, -0.2) is 0 Å². The molecule has 0 amide bonds. The van der Waals surface area contributed by atoms with E-state index in [1.54, 1.807) is 0 Å². The van der Waals surface area contributed by atoms with Crippen LogP contribution in [0.1, 0.15) is 45.4 Å². The minimum atomic E-state index is -1.21. The fourth-order valence-corrected chi connectivity index (χ4v) is 2.82. The second kappa shape index (κ2) is 5.17. The zero-order chi connectivity index (χ0) is 11.5. The molecule has 1 aliphatic carbocycles. The molecular formula is C11H19ClO3. The lowest BCUT2D eigenvalue weighted by molar-refractivity contribution is -0.155. The van der Waals surface area contributed by atoms with Crippen molar-refractivity contribution in [3.8, 4) is 0 Å². The number of halogens is 1. The molecule has 88 valence electrons. The minimum Gasteiger partial charge on any atom is -0.481 e. The van der Waals surface area contributed by atoms with Gasteiger partial charge in [0.25, 0.3) is 0 Å². The third kappa shape index (κ3) is 2.64. The Kier molecular flexibility index (Phi) is 4.41. The summed E-state index contributed by atoms with van der Waals surface area (Å²) in [7, 11) is 0. The molecule has 0 radical (unpaired) electrons. The average molecular weight is 235 g/mol. The maximum Gasteiger partial charge on any atom is 0.309 e. The highest BCUT2D eigenvalue weighted by molar-refractivity contribution is 6.21. The molecule has 0 aromatic heterocycles. The number of rotatable bonds is 4. The molecule has 0 aliphatic heterocycles. The lowest BCUT2D eigenvalue weighted by Gasteiger charge is -2.40. The number of carbonyl (C=O) groups is 1. The van der Waals surface area contributed by atoms with Crippen LogP contribution in [0.2, 0.25) is 0 Å². The van der Waals surface area contributed by atoms with Crippen LogP contribution in [0, 0.1) is 5.92 Å². The van der Waals surface area contributed by atoms with Crippen molar-refractivity contribution in [3.63, 3.8) is 0 Å². The van der Waals surface area contributed by atoms with E-state index in [9.17, 15) is 9.90 Å². The maximum atomic E-state index is 11.1. The number of carboxylic acid groups (broad SMARTS) is 1. The normalized spacial score (nSPS) is 33.7. The van der Waals surface area contributed by atoms with Gasteiger partial charge in [-0.1, -0.05) is 26.2 Å². The van der Waals surface area contributed by atoms with Crippen molar-refractivity contribution in [2.24, 2.45) is 5.92 Å². The number of alkyl halides is 1. The smallest absolute Gasteiger partial charge is 0.309 e. The van der Waals surface area contributed by atoms with Crippen LogP contribution in [0.4, 0.5) is 0 Å². The average Bonchev–Trinajstić information content (AvgIpc) is 2.18. The first-order chi connectivity index (χ1) is 7.02. The van der Waals surface area contributed by atoms with E-state index in [1.807, 2.05) is 6.92 Å². The van der Waals surface area contributed by atoms with Crippen molar-refractivity contribution in [3.05, 3.63) is 0 Å². The first-order valence-corrected chi connectivity index (χ1v) is 6.05. The second-order valence-corrected chi connectivity index (χ2v) is 4.91. The summed E-state index contributed by atoms with van der Waals surface area (Å²) in [5, 5.41) is 19.1. The van der Waals surface area contributed by atoms with Gasteiger partial charge in [-0.3, -0.25) is 4.79 Å². The molecule has 1 rings (SSSR count). The zero-order valence-electron chi connectivity index (χ0n) is 9.08. The summed E-state index contributed by atoms with van der Waals surface area (Å²) >= 11 is 6.09. The Hall–Kier alpha value is -0.280. The van der Waals surface area contributed by atoms with E-state index in [0.717, 1.165) is 19.3 Å². The van der Waals surface area contributed by atoms with Crippen LogP contribution >= 0.6 is 11.6 Å². The number of carboxylic acids is 1. The zero-order valence-corrected chi connectivity index (χ0v) is 9.83. The summed E-state index contributed by atoms with van der Waals surface area (Å²) in [4.78, 5) is 11.1. The Morgan fingerprint density at radius 2 is 2.27 bits per heavy atom. The summed E-state index contributed by atoms with van der Waals surface area (Å²) in [5.74, 6) is -1.64. The first-order valence-electron chi connectivity index (χ1n) is 5.61. The van der Waals surface area contributed by atoms with Crippen molar-refractivity contribution >= 4 is 17.6 Å². The molecule has 1 fully saturated rings. The van der Waals surface area contributed by atoms with Gasteiger partial charge in [0, 0.05) is 0 Å². The molecule has 0 aromatic carbocycles. The van der Waals surface area contributed by atoms with Gasteiger partial charge >= 0.3 is 5.97 Å². The molecule has 3 nitrogen and oxygen atoms in total. The van der Waals surface area contributed by atoms with Crippen molar-refractivity contribution in [1.29, 1.82) is 0 Å². The molecule has 3 atom stereocenters. The summed E-state index contributed by atoms with van der Waals surface area (Å²) in [6.07, 6.45) is 4.32. The Morgan fingerprint density at radius 1 is 1.60 bits per heavy atom. The van der Waals surface area contributed by atoms with Gasteiger partial charge in [-0.2, -0.15) is 0 Å². The summed E-state index contributed by atoms with van der Waals surface area (Å²) in [5.41, 5.74) is -1.21. The third-order valence-electron chi connectivity index (χ3n) is 3.31. The van der Waals surface area contributed by atoms with Crippen LogP contribution in [0.15, 0.2) is 0 Å². The quantitative estimate of drug-likeness (QED) is 0.735. The van der Waals surface area contributed by atoms with Gasteiger partial charge in [0.2, 0.25) is 0 Å². The van der Waals surface area contributed by atoms with E-state index < -0.39 is 22.9 Å². The highest BCUT2D eigenvalue weighted by atomic mass is 35.5. The number of hydrogen-bond donors (Lipinski definition) is 2. The third-order valence-corrected chi connectivity index (χ3v) is 3.90. The van der Waals surface area contributed by atoms with E-state index in [1.165, 1.54) is 0 Å². The largest absolute Gasteiger partial charge is 0.481 e. The summed E-state index contributed by atoms with van der Waals surface area (Å²) < 4.78 is 0. The standard InChI is InChI=1S/C11H19ClO3/c1-2-5-8(10(13)14)11(15)7-4-3-6-9(11)12/h8-9,15H,2-7H2,1H3,(H,13,14)/t8-,9-,11-/m1/s1. The van der Waals surface area contributed by atoms with Gasteiger partial charge in [0.1, 0.15) is 0 Å². The number of aliphatic carboxylic acids is 1. The van der Waals surface area contributed by atoms with Crippen molar-refractivity contribution in [1.82, 2.24) is 0 Å². The van der Waals surface area contributed by atoms with Crippen LogP contribution in [0.5, 0.6) is 0 Å². The molecule has 4 heteroatoms. The monoisotopic (exact) mass is 234 g/mol. The van der Waals surface area contributed by atoms with Gasteiger partial charge in [-0.15, -0.1) is 11.6 Å². The Labute approximate surface area is 95.4 Å². The van der Waals surface area contributed by atoms with E-state index >= 15 is 0 Å². The molecule has 1 saturated carbocycles. The molecule has 0 saturated heterocycles. The van der Waals surface area contributed by atoms with Gasteiger partial charge in [0.15, 0.2) is 0 Å². The topological polar surface area (TPSA) is 57.5 Å². The predicted molar refractivity (Wildman–Crippen MR) is 59.1 cm³/mol. The lowest BCUT2D eigenvalue weighted by atomic mass is 9.73. The van der Waals surface area contributed by atoms with E-state index in [-0.39, 0.29) is 0 Å². The fraction of sp³-hybridized carbons (Fsp3) is 0.909. The van der Waals surface area contributed by atoms with Crippen LogP contribution in [0.25, 0.3) is 0 Å². The Bertz CT molecular complexity index is 232. The first kappa shape index (κ1) is 12.8. The summed E-state index contributed by atoms with van der Waals surface area (Å²) in [6, 6.07) is 0. The second-order valence-electron chi connectivity index (χ2n) is 4.38. The molecule has 2 N–H and O–H groups in total. The molecule has 0 spiro atoms. The molecule has 0 unspecified atom stereocenters. The highest BCUT2D eigenvalue weighted by Gasteiger charge is 2.47. The minimum absolute atomic E-state index is 0.418. The van der Waals surface area contributed by atoms with Crippen LogP contribution < -0.4 is 0 Å². The molecule has 15 heavy (non-hydrogen) atoms. The van der Waals surface area contributed by atoms with Gasteiger partial charge < -0.3 is 10.2 Å². The molecule has 0 aromatic rings. The Balaban J connectivity index is 2.82. The SMILES string of the molecule is CCC[C@H](C(=O)O)[C@]1(O)CCCC[C@H]1Cl. The lowest BCUT2D eigenvalue weighted by Crippen LogP contribution is -2.51.